The largest absolute Gasteiger partial charge is 0.490 e. The Morgan fingerprint density at radius 1 is 1.09 bits per heavy atom. The van der Waals surface area contributed by atoms with Crippen LogP contribution >= 0.6 is 0 Å². The number of nitrogens with zero attached hydrogens (tertiary/aromatic N) is 6. The number of aliphatic carboxylic acids is 1. The molecule has 1 amide bonds. The van der Waals surface area contributed by atoms with Crippen molar-refractivity contribution in [3.8, 4) is 5.82 Å². The molecule has 1 aromatic carbocycles. The fraction of sp³-hybridized carbons (Fsp3) is 0.364. The van der Waals surface area contributed by atoms with Crippen LogP contribution < -0.4 is 4.90 Å². The van der Waals surface area contributed by atoms with Crippen LogP contribution in [0.4, 0.5) is 18.9 Å². The first-order valence-electron chi connectivity index (χ1n) is 10.5. The molecule has 2 aromatic heterocycles. The number of hydrogen-bond acceptors (Lipinski definition) is 5. The van der Waals surface area contributed by atoms with Gasteiger partial charge in [0.25, 0.3) is 5.91 Å². The lowest BCUT2D eigenvalue weighted by molar-refractivity contribution is -0.192. The Labute approximate surface area is 194 Å². The third kappa shape index (κ3) is 6.22. The first-order chi connectivity index (χ1) is 16.1. The zero-order valence-corrected chi connectivity index (χ0v) is 18.7. The molecule has 0 radical (unpaired) electrons. The van der Waals surface area contributed by atoms with Crippen molar-refractivity contribution in [2.75, 3.05) is 25.0 Å². The normalized spacial score (nSPS) is 14.9. The van der Waals surface area contributed by atoms with Crippen LogP contribution in [0.25, 0.3) is 5.82 Å². The van der Waals surface area contributed by atoms with E-state index in [1.54, 1.807) is 21.8 Å². The van der Waals surface area contributed by atoms with Crippen molar-refractivity contribution < 1.29 is 27.9 Å². The van der Waals surface area contributed by atoms with Crippen LogP contribution in [0.1, 0.15) is 23.3 Å². The van der Waals surface area contributed by atoms with Gasteiger partial charge in [0.1, 0.15) is 12.0 Å². The highest BCUT2D eigenvalue weighted by molar-refractivity contribution is 6.05. The van der Waals surface area contributed by atoms with Crippen molar-refractivity contribution in [3.63, 3.8) is 0 Å². The van der Waals surface area contributed by atoms with Crippen molar-refractivity contribution in [2.45, 2.75) is 25.1 Å². The summed E-state index contributed by atoms with van der Waals surface area (Å²) in [7, 11) is 3.99. The molecular weight excluding hydrogens is 453 g/mol. The smallest absolute Gasteiger partial charge is 0.475 e. The van der Waals surface area contributed by atoms with Crippen molar-refractivity contribution in [1.82, 2.24) is 24.2 Å². The lowest BCUT2D eigenvalue weighted by atomic mass is 10.0. The van der Waals surface area contributed by atoms with Crippen LogP contribution in [0.5, 0.6) is 0 Å². The molecular formula is C22H25F3N6O3. The molecule has 3 heterocycles. The molecule has 1 fully saturated rings. The molecule has 1 aliphatic heterocycles. The molecule has 3 aromatic rings. The van der Waals surface area contributed by atoms with Gasteiger partial charge >= 0.3 is 12.1 Å². The zero-order valence-electron chi connectivity index (χ0n) is 18.7. The summed E-state index contributed by atoms with van der Waals surface area (Å²) in [6, 6.07) is 12.0. The summed E-state index contributed by atoms with van der Waals surface area (Å²) >= 11 is 0. The number of carbonyl (C=O) groups excluding carboxylic acids is 1. The molecule has 0 unspecified atom stereocenters. The standard InChI is InChI=1S/C20H24N6O.C2HF3O2/c1-23-11-8-17(9-12-23)26(16-6-4-3-5-7-16)20(27)18-14-25(15-21-18)19-10-13-24(2)22-19;3-2(4,5)1(6)7/h3-7,10,13-15,17H,8-9,11-12H2,1-2H3;(H,6,7). The highest BCUT2D eigenvalue weighted by Gasteiger charge is 2.38. The summed E-state index contributed by atoms with van der Waals surface area (Å²) in [6.45, 7) is 1.98. The summed E-state index contributed by atoms with van der Waals surface area (Å²) in [5.74, 6) is -2.08. The van der Waals surface area contributed by atoms with Crippen molar-refractivity contribution in [3.05, 3.63) is 60.8 Å². The number of halogens is 3. The molecule has 0 aliphatic carbocycles. The molecule has 0 atom stereocenters. The van der Waals surface area contributed by atoms with E-state index in [2.05, 4.69) is 22.0 Å². The SMILES string of the molecule is CN1CCC(N(C(=O)c2cn(-c3ccn(C)n3)cn2)c2ccccc2)CC1.O=C(O)C(F)(F)F. The second kappa shape index (κ2) is 10.5. The van der Waals surface area contributed by atoms with Crippen LogP contribution in [0.15, 0.2) is 55.1 Å². The van der Waals surface area contributed by atoms with Gasteiger partial charge in [-0.25, -0.2) is 9.78 Å². The van der Waals surface area contributed by atoms with Crippen LogP contribution in [-0.2, 0) is 11.8 Å². The molecule has 0 saturated carbocycles. The minimum absolute atomic E-state index is 0.0644. The van der Waals surface area contributed by atoms with Crippen molar-refractivity contribution in [1.29, 1.82) is 0 Å². The maximum Gasteiger partial charge on any atom is 0.490 e. The number of carbonyl (C=O) groups is 2. The number of hydrogen-bond donors (Lipinski definition) is 1. The number of carboxylic acids is 1. The molecule has 34 heavy (non-hydrogen) atoms. The number of anilines is 1. The van der Waals surface area contributed by atoms with E-state index < -0.39 is 12.1 Å². The Morgan fingerprint density at radius 3 is 2.24 bits per heavy atom. The molecule has 1 aliphatic rings. The minimum atomic E-state index is -5.08. The van der Waals surface area contributed by atoms with E-state index in [1.807, 2.05) is 54.5 Å². The van der Waals surface area contributed by atoms with Gasteiger partial charge in [-0.15, -0.1) is 0 Å². The number of piperidine rings is 1. The Bertz CT molecular complexity index is 1100. The Kier molecular flexibility index (Phi) is 7.72. The van der Waals surface area contributed by atoms with Crippen LogP contribution in [0.2, 0.25) is 0 Å². The van der Waals surface area contributed by atoms with Crippen LogP contribution in [0.3, 0.4) is 0 Å². The lowest BCUT2D eigenvalue weighted by Gasteiger charge is -2.37. The summed E-state index contributed by atoms with van der Waals surface area (Å²) in [5.41, 5.74) is 1.35. The third-order valence-corrected chi connectivity index (χ3v) is 5.31. The quantitative estimate of drug-likeness (QED) is 0.620. The predicted molar refractivity (Wildman–Crippen MR) is 118 cm³/mol. The Balaban J connectivity index is 0.000000406. The molecule has 0 spiro atoms. The minimum Gasteiger partial charge on any atom is -0.475 e. The number of benzene rings is 1. The maximum absolute atomic E-state index is 13.4. The molecule has 12 heteroatoms. The van der Waals surface area contributed by atoms with E-state index in [1.165, 1.54) is 0 Å². The zero-order chi connectivity index (χ0) is 24.9. The molecule has 0 bridgehead atoms. The highest BCUT2D eigenvalue weighted by atomic mass is 19.4. The monoisotopic (exact) mass is 478 g/mol. The number of imidazole rings is 1. The third-order valence-electron chi connectivity index (χ3n) is 5.31. The summed E-state index contributed by atoms with van der Waals surface area (Å²) in [5, 5.41) is 11.5. The second-order valence-corrected chi connectivity index (χ2v) is 7.86. The number of carboxylic acid groups (broad SMARTS) is 1. The van der Waals surface area contributed by atoms with Gasteiger partial charge in [-0.05, 0) is 45.1 Å². The van der Waals surface area contributed by atoms with Gasteiger partial charge in [-0.2, -0.15) is 18.3 Å². The van der Waals surface area contributed by atoms with Gasteiger partial charge in [0, 0.05) is 37.2 Å². The van der Waals surface area contributed by atoms with E-state index in [-0.39, 0.29) is 11.9 Å². The van der Waals surface area contributed by atoms with Crippen LogP contribution in [-0.4, -0.2) is 73.6 Å². The van der Waals surface area contributed by atoms with E-state index in [4.69, 9.17) is 9.90 Å². The first-order valence-corrected chi connectivity index (χ1v) is 10.5. The van der Waals surface area contributed by atoms with E-state index in [0.29, 0.717) is 5.69 Å². The number of aryl methyl sites for hydroxylation is 1. The Morgan fingerprint density at radius 2 is 1.71 bits per heavy atom. The van der Waals surface area contributed by atoms with Gasteiger partial charge < -0.3 is 14.9 Å². The van der Waals surface area contributed by atoms with Gasteiger partial charge in [0.15, 0.2) is 5.82 Å². The first kappa shape index (κ1) is 25.0. The number of aromatic nitrogens is 4. The predicted octanol–water partition coefficient (Wildman–Crippen LogP) is 2.98. The summed E-state index contributed by atoms with van der Waals surface area (Å²) in [6.07, 6.45) is 2.10. The lowest BCUT2D eigenvalue weighted by Crippen LogP contribution is -2.47. The highest BCUT2D eigenvalue weighted by Crippen LogP contribution is 2.25. The fourth-order valence-electron chi connectivity index (χ4n) is 3.56. The number of para-hydroxylation sites is 1. The summed E-state index contributed by atoms with van der Waals surface area (Å²) in [4.78, 5) is 30.9. The van der Waals surface area contributed by atoms with Gasteiger partial charge in [0.2, 0.25) is 0 Å². The van der Waals surface area contributed by atoms with Gasteiger partial charge in [0.05, 0.1) is 0 Å². The second-order valence-electron chi connectivity index (χ2n) is 7.86. The van der Waals surface area contributed by atoms with Gasteiger partial charge in [-0.1, -0.05) is 18.2 Å². The van der Waals surface area contributed by atoms with Gasteiger partial charge in [-0.3, -0.25) is 14.0 Å². The van der Waals surface area contributed by atoms with Crippen molar-refractivity contribution in [2.24, 2.45) is 7.05 Å². The molecule has 1 N–H and O–H groups in total. The van der Waals surface area contributed by atoms with E-state index in [0.717, 1.165) is 37.4 Å². The number of likely N-dealkylation sites (tertiary alicyclic amines) is 1. The molecule has 182 valence electrons. The maximum atomic E-state index is 13.4. The topological polar surface area (TPSA) is 96.5 Å². The summed E-state index contributed by atoms with van der Waals surface area (Å²) < 4.78 is 35.2. The van der Waals surface area contributed by atoms with E-state index >= 15 is 0 Å². The van der Waals surface area contributed by atoms with E-state index in [9.17, 15) is 18.0 Å². The molecule has 4 rings (SSSR count). The average molecular weight is 478 g/mol. The average Bonchev–Trinajstić information content (AvgIpc) is 3.45. The Hall–Kier alpha value is -3.67. The fourth-order valence-corrected chi connectivity index (χ4v) is 3.56. The van der Waals surface area contributed by atoms with Crippen molar-refractivity contribution >= 4 is 17.6 Å². The number of amides is 1. The van der Waals surface area contributed by atoms with Crippen LogP contribution in [0, 0.1) is 0 Å². The molecule has 1 saturated heterocycles. The number of rotatable bonds is 4. The molecule has 9 nitrogen and oxygen atoms in total. The number of alkyl halides is 3.